The maximum atomic E-state index is 13.1. The molecule has 7 heteroatoms. The van der Waals surface area contributed by atoms with Gasteiger partial charge in [-0.3, -0.25) is 0 Å². The van der Waals surface area contributed by atoms with E-state index < -0.39 is 0 Å². The minimum absolute atomic E-state index is 0.155. The quantitative estimate of drug-likeness (QED) is 0.924. The highest BCUT2D eigenvalue weighted by Crippen LogP contribution is 2.24. The van der Waals surface area contributed by atoms with Gasteiger partial charge in [0.1, 0.15) is 11.6 Å². The van der Waals surface area contributed by atoms with Crippen molar-refractivity contribution in [2.24, 2.45) is 0 Å². The monoisotopic (exact) mass is 277 g/mol. The molecule has 0 bridgehead atoms. The van der Waals surface area contributed by atoms with Crippen LogP contribution in [-0.4, -0.2) is 36.1 Å². The van der Waals surface area contributed by atoms with Gasteiger partial charge in [-0.15, -0.1) is 0 Å². The van der Waals surface area contributed by atoms with Crippen LogP contribution in [0.25, 0.3) is 0 Å². The molecule has 106 valence electrons. The molecule has 0 unspecified atom stereocenters. The summed E-state index contributed by atoms with van der Waals surface area (Å²) in [5.74, 6) is 1.07. The van der Waals surface area contributed by atoms with Crippen molar-refractivity contribution in [3.8, 4) is 11.8 Å². The van der Waals surface area contributed by atoms with Gasteiger partial charge in [-0.05, 0) is 30.7 Å². The Labute approximate surface area is 116 Å². The largest absolute Gasteiger partial charge is 0.424 e. The standard InChI is InChI=1S/C13H16FN5O/c1-8-7-9(14)5-6-10(8)20-13-17-11(15-2)16-12(18-13)19(3)4/h5-7H,1-4H3,(H,15,16,17,18). The molecular formula is C13H16FN5O. The maximum Gasteiger partial charge on any atom is 0.328 e. The van der Waals surface area contributed by atoms with Gasteiger partial charge in [0.15, 0.2) is 0 Å². The molecule has 1 aromatic carbocycles. The molecule has 0 saturated heterocycles. The molecule has 1 N–H and O–H groups in total. The van der Waals surface area contributed by atoms with Crippen LogP contribution in [0.3, 0.4) is 0 Å². The number of rotatable bonds is 4. The molecule has 0 radical (unpaired) electrons. The van der Waals surface area contributed by atoms with Gasteiger partial charge in [-0.1, -0.05) is 0 Å². The van der Waals surface area contributed by atoms with Crippen molar-refractivity contribution in [3.05, 3.63) is 29.6 Å². The van der Waals surface area contributed by atoms with Crippen LogP contribution in [0.15, 0.2) is 18.2 Å². The van der Waals surface area contributed by atoms with Gasteiger partial charge in [0.2, 0.25) is 11.9 Å². The third kappa shape index (κ3) is 3.11. The van der Waals surface area contributed by atoms with E-state index in [9.17, 15) is 4.39 Å². The predicted octanol–water partition coefficient (Wildman–Crippen LogP) is 2.22. The summed E-state index contributed by atoms with van der Waals surface area (Å²) < 4.78 is 18.7. The van der Waals surface area contributed by atoms with Gasteiger partial charge >= 0.3 is 6.01 Å². The molecule has 0 amide bonds. The molecule has 20 heavy (non-hydrogen) atoms. The van der Waals surface area contributed by atoms with Crippen LogP contribution in [0.2, 0.25) is 0 Å². The highest BCUT2D eigenvalue weighted by atomic mass is 19.1. The van der Waals surface area contributed by atoms with Crippen LogP contribution in [0.5, 0.6) is 11.8 Å². The van der Waals surface area contributed by atoms with Crippen molar-refractivity contribution >= 4 is 11.9 Å². The molecule has 2 aromatic rings. The van der Waals surface area contributed by atoms with E-state index in [1.165, 1.54) is 12.1 Å². The minimum atomic E-state index is -0.310. The van der Waals surface area contributed by atoms with Crippen molar-refractivity contribution in [2.75, 3.05) is 31.4 Å². The molecule has 0 atom stereocenters. The fourth-order valence-electron chi connectivity index (χ4n) is 1.53. The number of nitrogens with zero attached hydrogens (tertiary/aromatic N) is 4. The van der Waals surface area contributed by atoms with Crippen molar-refractivity contribution in [3.63, 3.8) is 0 Å². The number of nitrogens with one attached hydrogen (secondary N) is 1. The summed E-state index contributed by atoms with van der Waals surface area (Å²) in [7, 11) is 5.35. The lowest BCUT2D eigenvalue weighted by molar-refractivity contribution is 0.436. The average molecular weight is 277 g/mol. The second-order valence-electron chi connectivity index (χ2n) is 4.40. The predicted molar refractivity (Wildman–Crippen MR) is 74.9 cm³/mol. The fourth-order valence-corrected chi connectivity index (χ4v) is 1.53. The molecule has 6 nitrogen and oxygen atoms in total. The number of halogens is 1. The Kier molecular flexibility index (Phi) is 3.97. The van der Waals surface area contributed by atoms with Crippen LogP contribution in [0.4, 0.5) is 16.3 Å². The van der Waals surface area contributed by atoms with Gasteiger partial charge in [0.25, 0.3) is 0 Å². The Bertz CT molecular complexity index is 618. The third-order valence-corrected chi connectivity index (χ3v) is 2.56. The molecule has 0 fully saturated rings. The summed E-state index contributed by atoms with van der Waals surface area (Å²) in [5.41, 5.74) is 0.669. The lowest BCUT2D eigenvalue weighted by Crippen LogP contribution is -2.15. The van der Waals surface area contributed by atoms with Crippen LogP contribution < -0.4 is 15.0 Å². The lowest BCUT2D eigenvalue weighted by Gasteiger charge is -2.13. The van der Waals surface area contributed by atoms with E-state index in [0.717, 1.165) is 0 Å². The Hall–Kier alpha value is -2.44. The summed E-state index contributed by atoms with van der Waals surface area (Å²) in [6.45, 7) is 1.76. The molecule has 0 aliphatic carbocycles. The van der Waals surface area contributed by atoms with Gasteiger partial charge in [-0.25, -0.2) is 4.39 Å². The van der Waals surface area contributed by atoms with Crippen molar-refractivity contribution in [2.45, 2.75) is 6.92 Å². The molecule has 0 spiro atoms. The number of hydrogen-bond donors (Lipinski definition) is 1. The molecule has 0 aliphatic heterocycles. The van der Waals surface area contributed by atoms with Crippen molar-refractivity contribution in [1.29, 1.82) is 0 Å². The smallest absolute Gasteiger partial charge is 0.328 e. The molecule has 0 aliphatic rings. The average Bonchev–Trinajstić information content (AvgIpc) is 2.41. The first-order valence-electron chi connectivity index (χ1n) is 6.04. The van der Waals surface area contributed by atoms with Crippen molar-refractivity contribution in [1.82, 2.24) is 15.0 Å². The van der Waals surface area contributed by atoms with E-state index in [1.807, 2.05) is 14.1 Å². The summed E-state index contributed by atoms with van der Waals surface area (Å²) in [6, 6.07) is 4.42. The number of aryl methyl sites for hydroxylation is 1. The first-order valence-corrected chi connectivity index (χ1v) is 6.04. The number of ether oxygens (including phenoxy) is 1. The number of aromatic nitrogens is 3. The molecular weight excluding hydrogens is 261 g/mol. The maximum absolute atomic E-state index is 13.1. The summed E-state index contributed by atoms with van der Waals surface area (Å²) >= 11 is 0. The second-order valence-corrected chi connectivity index (χ2v) is 4.40. The zero-order valence-corrected chi connectivity index (χ0v) is 11.8. The first-order chi connectivity index (χ1) is 9.49. The molecule has 1 aromatic heterocycles. The lowest BCUT2D eigenvalue weighted by atomic mass is 10.2. The van der Waals surface area contributed by atoms with E-state index in [0.29, 0.717) is 23.2 Å². The van der Waals surface area contributed by atoms with Gasteiger partial charge in [-0.2, -0.15) is 15.0 Å². The fraction of sp³-hybridized carbons (Fsp3) is 0.308. The second kappa shape index (κ2) is 5.68. The highest BCUT2D eigenvalue weighted by molar-refractivity contribution is 5.39. The molecule has 0 saturated carbocycles. The van der Waals surface area contributed by atoms with Crippen LogP contribution >= 0.6 is 0 Å². The van der Waals surface area contributed by atoms with E-state index in [1.54, 1.807) is 24.9 Å². The van der Waals surface area contributed by atoms with E-state index in [-0.39, 0.29) is 11.8 Å². The van der Waals surface area contributed by atoms with Gasteiger partial charge < -0.3 is 15.0 Å². The Morgan fingerprint density at radius 1 is 1.20 bits per heavy atom. The molecule has 2 rings (SSSR count). The SMILES string of the molecule is CNc1nc(Oc2ccc(F)cc2C)nc(N(C)C)n1. The summed E-state index contributed by atoms with van der Waals surface area (Å²) in [6.07, 6.45) is 0. The zero-order chi connectivity index (χ0) is 14.7. The van der Waals surface area contributed by atoms with Crippen molar-refractivity contribution < 1.29 is 9.13 Å². The Balaban J connectivity index is 2.34. The van der Waals surface area contributed by atoms with E-state index in [4.69, 9.17) is 4.74 Å². The van der Waals surface area contributed by atoms with Gasteiger partial charge in [0.05, 0.1) is 0 Å². The summed E-state index contributed by atoms with van der Waals surface area (Å²) in [4.78, 5) is 14.2. The summed E-state index contributed by atoms with van der Waals surface area (Å²) in [5, 5.41) is 2.84. The van der Waals surface area contributed by atoms with Crippen LogP contribution in [0, 0.1) is 12.7 Å². The minimum Gasteiger partial charge on any atom is -0.424 e. The van der Waals surface area contributed by atoms with E-state index >= 15 is 0 Å². The first kappa shape index (κ1) is 14.0. The van der Waals surface area contributed by atoms with Crippen LogP contribution in [0.1, 0.15) is 5.56 Å². The normalized spacial score (nSPS) is 10.2. The Morgan fingerprint density at radius 3 is 2.55 bits per heavy atom. The van der Waals surface area contributed by atoms with E-state index in [2.05, 4.69) is 20.3 Å². The Morgan fingerprint density at radius 2 is 1.95 bits per heavy atom. The number of hydrogen-bond acceptors (Lipinski definition) is 6. The number of benzene rings is 1. The topological polar surface area (TPSA) is 63.2 Å². The third-order valence-electron chi connectivity index (χ3n) is 2.56. The van der Waals surface area contributed by atoms with Crippen LogP contribution in [-0.2, 0) is 0 Å². The highest BCUT2D eigenvalue weighted by Gasteiger charge is 2.10. The number of anilines is 2. The zero-order valence-electron chi connectivity index (χ0n) is 11.8. The molecule has 1 heterocycles. The van der Waals surface area contributed by atoms with Gasteiger partial charge in [0, 0.05) is 21.1 Å².